The van der Waals surface area contributed by atoms with Gasteiger partial charge in [0.05, 0.1) is 12.0 Å². The van der Waals surface area contributed by atoms with Gasteiger partial charge < -0.3 is 4.74 Å². The Morgan fingerprint density at radius 2 is 1.94 bits per heavy atom. The highest BCUT2D eigenvalue weighted by Gasteiger charge is 2.11. The van der Waals surface area contributed by atoms with Gasteiger partial charge in [-0.2, -0.15) is 0 Å². The Bertz CT molecular complexity index is 588. The van der Waals surface area contributed by atoms with Crippen LogP contribution in [0.4, 0.5) is 5.69 Å². The summed E-state index contributed by atoms with van der Waals surface area (Å²) in [6.45, 7) is 0. The van der Waals surface area contributed by atoms with Gasteiger partial charge in [0.1, 0.15) is 4.88 Å². The summed E-state index contributed by atoms with van der Waals surface area (Å²) in [6, 6.07) is 7.88. The van der Waals surface area contributed by atoms with Crippen LogP contribution < -0.4 is 0 Å². The first kappa shape index (κ1) is 12.3. The maximum absolute atomic E-state index is 11.3. The summed E-state index contributed by atoms with van der Waals surface area (Å²) in [5.74, 6) is -0.381. The first-order valence-electron chi connectivity index (χ1n) is 5.03. The van der Waals surface area contributed by atoms with E-state index in [1.165, 1.54) is 30.6 Å². The molecule has 0 radical (unpaired) electrons. The molecule has 0 N–H and O–H groups in total. The molecule has 0 saturated carbocycles. The van der Waals surface area contributed by atoms with E-state index in [-0.39, 0.29) is 11.7 Å². The standard InChI is InChI=1S/C12H9NO4S/c1-17-12(14)11-6-9(7-18-11)8-2-4-10(5-3-8)13(15)16/h2-7H,1H3. The van der Waals surface area contributed by atoms with E-state index in [9.17, 15) is 14.9 Å². The van der Waals surface area contributed by atoms with Crippen molar-refractivity contribution in [1.29, 1.82) is 0 Å². The molecule has 0 amide bonds. The molecule has 6 heteroatoms. The third-order valence-corrected chi connectivity index (χ3v) is 3.31. The SMILES string of the molecule is COC(=O)c1cc(-c2ccc([N+](=O)[O-])cc2)cs1. The number of non-ortho nitro benzene ring substituents is 1. The van der Waals surface area contributed by atoms with Crippen LogP contribution in [0.1, 0.15) is 9.67 Å². The molecule has 0 unspecified atom stereocenters. The topological polar surface area (TPSA) is 69.4 Å². The number of ether oxygens (including phenoxy) is 1. The fourth-order valence-electron chi connectivity index (χ4n) is 1.47. The molecule has 18 heavy (non-hydrogen) atoms. The van der Waals surface area contributed by atoms with Crippen molar-refractivity contribution in [2.75, 3.05) is 7.11 Å². The number of carbonyl (C=O) groups is 1. The predicted octanol–water partition coefficient (Wildman–Crippen LogP) is 3.11. The minimum absolute atomic E-state index is 0.0437. The van der Waals surface area contributed by atoms with Crippen molar-refractivity contribution in [3.8, 4) is 11.1 Å². The average molecular weight is 263 g/mol. The smallest absolute Gasteiger partial charge is 0.348 e. The monoisotopic (exact) mass is 263 g/mol. The summed E-state index contributed by atoms with van der Waals surface area (Å²) in [7, 11) is 1.33. The Balaban J connectivity index is 2.29. The Hall–Kier alpha value is -2.21. The predicted molar refractivity (Wildman–Crippen MR) is 67.7 cm³/mol. The second-order valence-corrected chi connectivity index (χ2v) is 4.41. The lowest BCUT2D eigenvalue weighted by Gasteiger charge is -1.97. The minimum Gasteiger partial charge on any atom is -0.465 e. The van der Waals surface area contributed by atoms with Crippen LogP contribution in [0.2, 0.25) is 0 Å². The summed E-state index contributed by atoms with van der Waals surface area (Å²) in [6.07, 6.45) is 0. The van der Waals surface area contributed by atoms with Crippen molar-refractivity contribution >= 4 is 23.0 Å². The van der Waals surface area contributed by atoms with Crippen LogP contribution in [0, 0.1) is 10.1 Å². The van der Waals surface area contributed by atoms with E-state index in [4.69, 9.17) is 0 Å². The van der Waals surface area contributed by atoms with Gasteiger partial charge in [-0.3, -0.25) is 10.1 Å². The number of benzene rings is 1. The van der Waals surface area contributed by atoms with Crippen LogP contribution in [-0.4, -0.2) is 18.0 Å². The van der Waals surface area contributed by atoms with Gasteiger partial charge in [0.15, 0.2) is 0 Å². The van der Waals surface area contributed by atoms with E-state index in [1.807, 2.05) is 5.38 Å². The van der Waals surface area contributed by atoms with Gasteiger partial charge in [-0.1, -0.05) is 0 Å². The highest BCUT2D eigenvalue weighted by atomic mass is 32.1. The number of nitro groups is 1. The van der Waals surface area contributed by atoms with Gasteiger partial charge in [-0.25, -0.2) is 4.79 Å². The molecule has 1 aromatic heterocycles. The zero-order valence-corrected chi connectivity index (χ0v) is 10.3. The third kappa shape index (κ3) is 2.38. The zero-order chi connectivity index (χ0) is 13.1. The zero-order valence-electron chi connectivity index (χ0n) is 9.45. The summed E-state index contributed by atoms with van der Waals surface area (Å²) in [5, 5.41) is 12.3. The lowest BCUT2D eigenvalue weighted by Crippen LogP contribution is -1.96. The number of carbonyl (C=O) groups excluding carboxylic acids is 1. The minimum atomic E-state index is -0.447. The highest BCUT2D eigenvalue weighted by Crippen LogP contribution is 2.27. The quantitative estimate of drug-likeness (QED) is 0.484. The number of thiophene rings is 1. The molecular weight excluding hydrogens is 254 g/mol. The average Bonchev–Trinajstić information content (AvgIpc) is 2.87. The van der Waals surface area contributed by atoms with Crippen molar-refractivity contribution in [3.05, 3.63) is 50.7 Å². The van der Waals surface area contributed by atoms with E-state index in [0.717, 1.165) is 11.1 Å². The number of nitrogens with zero attached hydrogens (tertiary/aromatic N) is 1. The van der Waals surface area contributed by atoms with Crippen molar-refractivity contribution in [1.82, 2.24) is 0 Å². The molecule has 0 saturated heterocycles. The first-order chi connectivity index (χ1) is 8.61. The molecule has 0 aliphatic heterocycles. The molecule has 2 rings (SSSR count). The van der Waals surface area contributed by atoms with Crippen LogP contribution in [0.15, 0.2) is 35.7 Å². The lowest BCUT2D eigenvalue weighted by molar-refractivity contribution is -0.384. The largest absolute Gasteiger partial charge is 0.465 e. The van der Waals surface area contributed by atoms with E-state index < -0.39 is 4.92 Å². The summed E-state index contributed by atoms with van der Waals surface area (Å²) in [5.41, 5.74) is 1.71. The molecule has 0 spiro atoms. The second kappa shape index (κ2) is 4.97. The molecule has 0 aliphatic carbocycles. The Morgan fingerprint density at radius 3 is 2.50 bits per heavy atom. The maximum atomic E-state index is 11.3. The van der Waals surface area contributed by atoms with Crippen LogP contribution in [-0.2, 0) is 4.74 Å². The van der Waals surface area contributed by atoms with Gasteiger partial charge in [-0.05, 0) is 34.7 Å². The molecular formula is C12H9NO4S. The molecule has 0 aliphatic rings. The number of methoxy groups -OCH3 is 1. The fourth-order valence-corrected chi connectivity index (χ4v) is 2.30. The Kier molecular flexibility index (Phi) is 3.38. The van der Waals surface area contributed by atoms with Crippen molar-refractivity contribution in [2.24, 2.45) is 0 Å². The summed E-state index contributed by atoms with van der Waals surface area (Å²) in [4.78, 5) is 21.9. The number of hydrogen-bond donors (Lipinski definition) is 0. The molecule has 0 fully saturated rings. The highest BCUT2D eigenvalue weighted by molar-refractivity contribution is 7.12. The van der Waals surface area contributed by atoms with Crippen LogP contribution in [0.25, 0.3) is 11.1 Å². The van der Waals surface area contributed by atoms with Gasteiger partial charge in [0.25, 0.3) is 5.69 Å². The van der Waals surface area contributed by atoms with E-state index in [0.29, 0.717) is 4.88 Å². The first-order valence-corrected chi connectivity index (χ1v) is 5.91. The maximum Gasteiger partial charge on any atom is 0.348 e. The molecule has 5 nitrogen and oxygen atoms in total. The van der Waals surface area contributed by atoms with Gasteiger partial charge in [0, 0.05) is 12.1 Å². The van der Waals surface area contributed by atoms with Crippen molar-refractivity contribution in [3.63, 3.8) is 0 Å². The Morgan fingerprint density at radius 1 is 1.28 bits per heavy atom. The van der Waals surface area contributed by atoms with Crippen molar-refractivity contribution < 1.29 is 14.5 Å². The number of esters is 1. The lowest BCUT2D eigenvalue weighted by atomic mass is 10.1. The van der Waals surface area contributed by atoms with Crippen LogP contribution in [0.3, 0.4) is 0 Å². The number of rotatable bonds is 3. The van der Waals surface area contributed by atoms with Crippen molar-refractivity contribution in [2.45, 2.75) is 0 Å². The van der Waals surface area contributed by atoms with Gasteiger partial charge in [-0.15, -0.1) is 11.3 Å². The molecule has 92 valence electrons. The van der Waals surface area contributed by atoms with Gasteiger partial charge >= 0.3 is 5.97 Å². The summed E-state index contributed by atoms with van der Waals surface area (Å²) < 4.78 is 4.62. The number of hydrogen-bond acceptors (Lipinski definition) is 5. The van der Waals surface area contributed by atoms with E-state index in [1.54, 1.807) is 18.2 Å². The van der Waals surface area contributed by atoms with Crippen LogP contribution >= 0.6 is 11.3 Å². The van der Waals surface area contributed by atoms with E-state index >= 15 is 0 Å². The normalized spacial score (nSPS) is 10.1. The molecule has 1 aromatic carbocycles. The second-order valence-electron chi connectivity index (χ2n) is 3.50. The summed E-state index contributed by atoms with van der Waals surface area (Å²) >= 11 is 1.28. The third-order valence-electron chi connectivity index (χ3n) is 2.40. The molecule has 0 bridgehead atoms. The molecule has 1 heterocycles. The molecule has 0 atom stereocenters. The fraction of sp³-hybridized carbons (Fsp3) is 0.0833. The van der Waals surface area contributed by atoms with Crippen LogP contribution in [0.5, 0.6) is 0 Å². The Labute approximate surface area is 107 Å². The van der Waals surface area contributed by atoms with E-state index in [2.05, 4.69) is 4.74 Å². The van der Waals surface area contributed by atoms with Gasteiger partial charge in [0.2, 0.25) is 0 Å². The number of nitro benzene ring substituents is 1. The molecule has 2 aromatic rings.